The number of benzene rings is 1. The Kier molecular flexibility index (Phi) is 4.13. The highest BCUT2D eigenvalue weighted by Gasteiger charge is 2.24. The lowest BCUT2D eigenvalue weighted by molar-refractivity contribution is 0.645. The molecule has 0 bridgehead atoms. The van der Waals surface area contributed by atoms with Gasteiger partial charge in [0.05, 0.1) is 0 Å². The van der Waals surface area contributed by atoms with E-state index < -0.39 is 0 Å². The molecule has 2 fully saturated rings. The van der Waals surface area contributed by atoms with Crippen molar-refractivity contribution in [3.63, 3.8) is 0 Å². The largest absolute Gasteiger partial charge is 0.369 e. The second kappa shape index (κ2) is 5.84. The van der Waals surface area contributed by atoms with Gasteiger partial charge in [0, 0.05) is 35.3 Å². The van der Waals surface area contributed by atoms with Crippen LogP contribution in [0.3, 0.4) is 0 Å². The Morgan fingerprint density at radius 3 is 2.84 bits per heavy atom. The van der Waals surface area contributed by atoms with Crippen molar-refractivity contribution in [2.45, 2.75) is 57.7 Å². The standard InChI is InChI=1S/C16H23BrN2/c1-2-14-4-3-9-19(14)15-8-5-12(16(17)10-15)11-18-13-6-7-13/h5,8,10,13-14,18H,2-4,6-7,9,11H2,1H3. The molecule has 1 aromatic rings. The van der Waals surface area contributed by atoms with E-state index in [4.69, 9.17) is 0 Å². The van der Waals surface area contributed by atoms with Crippen LogP contribution in [0.1, 0.15) is 44.6 Å². The summed E-state index contributed by atoms with van der Waals surface area (Å²) in [6.07, 6.45) is 6.63. The van der Waals surface area contributed by atoms with Crippen LogP contribution < -0.4 is 10.2 Å². The molecule has 19 heavy (non-hydrogen) atoms. The van der Waals surface area contributed by atoms with Gasteiger partial charge in [-0.3, -0.25) is 0 Å². The highest BCUT2D eigenvalue weighted by molar-refractivity contribution is 9.10. The van der Waals surface area contributed by atoms with E-state index in [2.05, 4.69) is 51.3 Å². The van der Waals surface area contributed by atoms with Crippen molar-refractivity contribution in [2.75, 3.05) is 11.4 Å². The van der Waals surface area contributed by atoms with Crippen LogP contribution in [0, 0.1) is 0 Å². The Hall–Kier alpha value is -0.540. The highest BCUT2D eigenvalue weighted by Crippen LogP contribution is 2.31. The third-order valence-electron chi connectivity index (χ3n) is 4.38. The van der Waals surface area contributed by atoms with Gasteiger partial charge in [-0.25, -0.2) is 0 Å². The van der Waals surface area contributed by atoms with Crippen LogP contribution >= 0.6 is 15.9 Å². The summed E-state index contributed by atoms with van der Waals surface area (Å²) >= 11 is 3.74. The van der Waals surface area contributed by atoms with E-state index in [-0.39, 0.29) is 0 Å². The van der Waals surface area contributed by atoms with Gasteiger partial charge in [-0.2, -0.15) is 0 Å². The van der Waals surface area contributed by atoms with Gasteiger partial charge in [-0.15, -0.1) is 0 Å². The Balaban J connectivity index is 1.70. The van der Waals surface area contributed by atoms with E-state index in [0.29, 0.717) is 0 Å². The predicted octanol–water partition coefficient (Wildman–Crippen LogP) is 4.08. The number of rotatable bonds is 5. The van der Waals surface area contributed by atoms with Crippen molar-refractivity contribution in [3.8, 4) is 0 Å². The Morgan fingerprint density at radius 2 is 2.16 bits per heavy atom. The molecule has 104 valence electrons. The van der Waals surface area contributed by atoms with Crippen molar-refractivity contribution in [2.24, 2.45) is 0 Å². The summed E-state index contributed by atoms with van der Waals surface area (Å²) in [6.45, 7) is 4.50. The van der Waals surface area contributed by atoms with Gasteiger partial charge in [-0.05, 0) is 49.8 Å². The van der Waals surface area contributed by atoms with Crippen LogP contribution in [0.25, 0.3) is 0 Å². The van der Waals surface area contributed by atoms with E-state index in [1.807, 2.05) is 0 Å². The fourth-order valence-corrected chi connectivity index (χ4v) is 3.51. The summed E-state index contributed by atoms with van der Waals surface area (Å²) in [5.74, 6) is 0. The average Bonchev–Trinajstić information content (AvgIpc) is 3.12. The van der Waals surface area contributed by atoms with E-state index in [9.17, 15) is 0 Å². The van der Waals surface area contributed by atoms with Crippen LogP contribution in [-0.4, -0.2) is 18.6 Å². The van der Waals surface area contributed by atoms with E-state index in [1.165, 1.54) is 54.4 Å². The molecule has 0 spiro atoms. The zero-order valence-corrected chi connectivity index (χ0v) is 13.2. The summed E-state index contributed by atoms with van der Waals surface area (Å²) < 4.78 is 1.25. The van der Waals surface area contributed by atoms with Gasteiger partial charge in [0.1, 0.15) is 0 Å². The number of halogens is 1. The summed E-state index contributed by atoms with van der Waals surface area (Å²) in [5.41, 5.74) is 2.76. The molecule has 0 radical (unpaired) electrons. The summed E-state index contributed by atoms with van der Waals surface area (Å²) in [7, 11) is 0. The maximum absolute atomic E-state index is 3.74. The number of hydrogen-bond donors (Lipinski definition) is 1. The van der Waals surface area contributed by atoms with Crippen molar-refractivity contribution in [3.05, 3.63) is 28.2 Å². The minimum Gasteiger partial charge on any atom is -0.369 e. The summed E-state index contributed by atoms with van der Waals surface area (Å²) in [5, 5.41) is 3.58. The van der Waals surface area contributed by atoms with Gasteiger partial charge in [0.2, 0.25) is 0 Å². The molecule has 0 aromatic heterocycles. The van der Waals surface area contributed by atoms with Crippen LogP contribution in [0.15, 0.2) is 22.7 Å². The first kappa shape index (κ1) is 13.4. The first-order valence-corrected chi connectivity index (χ1v) is 8.35. The molecule has 2 aliphatic rings. The number of nitrogens with one attached hydrogen (secondary N) is 1. The molecule has 1 saturated carbocycles. The molecule has 1 aliphatic carbocycles. The van der Waals surface area contributed by atoms with Gasteiger partial charge in [0.15, 0.2) is 0 Å². The van der Waals surface area contributed by atoms with Crippen LogP contribution in [-0.2, 0) is 6.54 Å². The minimum absolute atomic E-state index is 0.738. The topological polar surface area (TPSA) is 15.3 Å². The molecule has 1 atom stereocenters. The smallest absolute Gasteiger partial charge is 0.0380 e. The molecule has 1 unspecified atom stereocenters. The number of nitrogens with zero attached hydrogens (tertiary/aromatic N) is 1. The maximum atomic E-state index is 3.74. The molecule has 1 aliphatic heterocycles. The van der Waals surface area contributed by atoms with E-state index >= 15 is 0 Å². The molecule has 1 aromatic carbocycles. The van der Waals surface area contributed by atoms with Crippen LogP contribution in [0.4, 0.5) is 5.69 Å². The average molecular weight is 323 g/mol. The van der Waals surface area contributed by atoms with Gasteiger partial charge >= 0.3 is 0 Å². The first-order chi connectivity index (χ1) is 9.28. The zero-order valence-electron chi connectivity index (χ0n) is 11.7. The maximum Gasteiger partial charge on any atom is 0.0380 e. The monoisotopic (exact) mass is 322 g/mol. The third-order valence-corrected chi connectivity index (χ3v) is 5.11. The lowest BCUT2D eigenvalue weighted by Crippen LogP contribution is -2.28. The first-order valence-electron chi connectivity index (χ1n) is 7.56. The molecule has 1 saturated heterocycles. The van der Waals surface area contributed by atoms with Crippen molar-refractivity contribution < 1.29 is 0 Å². The van der Waals surface area contributed by atoms with Crippen molar-refractivity contribution in [1.82, 2.24) is 5.32 Å². The van der Waals surface area contributed by atoms with Crippen LogP contribution in [0.5, 0.6) is 0 Å². The third kappa shape index (κ3) is 3.14. The molecule has 2 nitrogen and oxygen atoms in total. The highest BCUT2D eigenvalue weighted by atomic mass is 79.9. The van der Waals surface area contributed by atoms with Crippen LogP contribution in [0.2, 0.25) is 0 Å². The van der Waals surface area contributed by atoms with Gasteiger partial charge in [0.25, 0.3) is 0 Å². The van der Waals surface area contributed by atoms with Crippen molar-refractivity contribution in [1.29, 1.82) is 0 Å². The van der Waals surface area contributed by atoms with Gasteiger partial charge in [-0.1, -0.05) is 28.9 Å². The quantitative estimate of drug-likeness (QED) is 0.878. The molecule has 1 heterocycles. The van der Waals surface area contributed by atoms with Crippen molar-refractivity contribution >= 4 is 21.6 Å². The fraction of sp³-hybridized carbons (Fsp3) is 0.625. The predicted molar refractivity (Wildman–Crippen MR) is 84.7 cm³/mol. The summed E-state index contributed by atoms with van der Waals surface area (Å²) in [6, 6.07) is 8.39. The van der Waals surface area contributed by atoms with E-state index in [0.717, 1.165) is 18.6 Å². The molecular weight excluding hydrogens is 300 g/mol. The van der Waals surface area contributed by atoms with E-state index in [1.54, 1.807) is 0 Å². The van der Waals surface area contributed by atoms with Gasteiger partial charge < -0.3 is 10.2 Å². The Labute approximate surface area is 124 Å². The Bertz CT molecular complexity index is 442. The SMILES string of the molecule is CCC1CCCN1c1ccc(CNC2CC2)c(Br)c1. The number of hydrogen-bond acceptors (Lipinski definition) is 2. The Morgan fingerprint density at radius 1 is 1.32 bits per heavy atom. The molecular formula is C16H23BrN2. The second-order valence-corrected chi connectivity index (χ2v) is 6.68. The second-order valence-electron chi connectivity index (χ2n) is 5.83. The normalized spacial score (nSPS) is 23.1. The lowest BCUT2D eigenvalue weighted by atomic mass is 10.1. The zero-order chi connectivity index (χ0) is 13.2. The lowest BCUT2D eigenvalue weighted by Gasteiger charge is -2.26. The molecule has 0 amide bonds. The number of anilines is 1. The minimum atomic E-state index is 0.738. The fourth-order valence-electron chi connectivity index (χ4n) is 3.00. The molecule has 3 heteroatoms. The molecule has 1 N–H and O–H groups in total. The summed E-state index contributed by atoms with van der Waals surface area (Å²) in [4.78, 5) is 2.57. The molecule has 3 rings (SSSR count).